The average molecular weight is 550 g/mol. The normalized spacial score (nSPS) is 20.0. The van der Waals surface area contributed by atoms with E-state index in [4.69, 9.17) is 23.2 Å². The molecule has 8 heteroatoms. The average Bonchev–Trinajstić information content (AvgIpc) is 3.53. The maximum Gasteiger partial charge on any atom is 0.253 e. The van der Waals surface area contributed by atoms with Gasteiger partial charge in [-0.25, -0.2) is 0 Å². The summed E-state index contributed by atoms with van der Waals surface area (Å²) < 4.78 is 0. The molecule has 6 nitrogen and oxygen atoms in total. The minimum absolute atomic E-state index is 0.0735. The van der Waals surface area contributed by atoms with Gasteiger partial charge in [-0.15, -0.1) is 0 Å². The van der Waals surface area contributed by atoms with Crippen LogP contribution in [-0.2, 0) is 6.42 Å². The summed E-state index contributed by atoms with van der Waals surface area (Å²) in [5.74, 6) is -0.163. The Morgan fingerprint density at radius 1 is 0.947 bits per heavy atom. The van der Waals surface area contributed by atoms with Crippen LogP contribution in [0, 0.1) is 5.41 Å². The van der Waals surface area contributed by atoms with Gasteiger partial charge in [0.05, 0.1) is 16.6 Å². The molecule has 2 fully saturated rings. The first-order chi connectivity index (χ1) is 18.4. The summed E-state index contributed by atoms with van der Waals surface area (Å²) in [6.07, 6.45) is 8.56. The number of pyridine rings is 1. The summed E-state index contributed by atoms with van der Waals surface area (Å²) in [4.78, 5) is 35.0. The van der Waals surface area contributed by atoms with Gasteiger partial charge in [0.1, 0.15) is 0 Å². The summed E-state index contributed by atoms with van der Waals surface area (Å²) in [6.45, 7) is 3.64. The van der Waals surface area contributed by atoms with Gasteiger partial charge in [-0.2, -0.15) is 0 Å². The van der Waals surface area contributed by atoms with E-state index in [-0.39, 0.29) is 23.3 Å². The second kappa shape index (κ2) is 10.2. The van der Waals surface area contributed by atoms with Gasteiger partial charge in [0.15, 0.2) is 0 Å². The Bertz CT molecular complexity index is 1370. The molecule has 0 radical (unpaired) electrons. The summed E-state index contributed by atoms with van der Waals surface area (Å²) in [7, 11) is 0. The number of carbonyl (C=O) groups excluding carboxylic acids is 2. The zero-order valence-electron chi connectivity index (χ0n) is 21.1. The van der Waals surface area contributed by atoms with Crippen molar-refractivity contribution in [2.75, 3.05) is 31.1 Å². The van der Waals surface area contributed by atoms with Crippen LogP contribution in [0.2, 0.25) is 10.0 Å². The number of nitrogens with one attached hydrogen (secondary N) is 1. The predicted molar refractivity (Wildman–Crippen MR) is 150 cm³/mol. The van der Waals surface area contributed by atoms with E-state index < -0.39 is 0 Å². The van der Waals surface area contributed by atoms with Crippen molar-refractivity contribution in [3.05, 3.63) is 93.2 Å². The van der Waals surface area contributed by atoms with E-state index >= 15 is 0 Å². The van der Waals surface area contributed by atoms with Crippen molar-refractivity contribution >= 4 is 40.7 Å². The van der Waals surface area contributed by atoms with Crippen molar-refractivity contribution in [3.63, 3.8) is 0 Å². The Kier molecular flexibility index (Phi) is 6.79. The molecule has 1 N–H and O–H groups in total. The molecule has 1 aliphatic carbocycles. The van der Waals surface area contributed by atoms with Crippen molar-refractivity contribution in [2.45, 2.75) is 38.1 Å². The molecule has 196 valence electrons. The van der Waals surface area contributed by atoms with Crippen molar-refractivity contribution in [1.82, 2.24) is 15.2 Å². The molecule has 1 atom stereocenters. The third kappa shape index (κ3) is 4.87. The topological polar surface area (TPSA) is 65.5 Å². The SMILES string of the molecule is O=C(NC1CCc2ccc(C(=O)N3CCC4(CC3)CCN(c3ccncc3)C4)cc21)c1ccc(Cl)cc1Cl. The van der Waals surface area contributed by atoms with Crippen LogP contribution in [0.15, 0.2) is 60.9 Å². The van der Waals surface area contributed by atoms with E-state index in [9.17, 15) is 9.59 Å². The Morgan fingerprint density at radius 3 is 2.47 bits per heavy atom. The number of aromatic nitrogens is 1. The van der Waals surface area contributed by atoms with Crippen LogP contribution in [0.25, 0.3) is 0 Å². The van der Waals surface area contributed by atoms with Gasteiger partial charge in [0.2, 0.25) is 0 Å². The highest BCUT2D eigenvalue weighted by Gasteiger charge is 2.41. The zero-order chi connectivity index (χ0) is 26.3. The number of hydrogen-bond donors (Lipinski definition) is 1. The highest BCUT2D eigenvalue weighted by Crippen LogP contribution is 2.42. The number of carbonyl (C=O) groups is 2. The number of likely N-dealkylation sites (tertiary alicyclic amines) is 1. The molecule has 1 aromatic heterocycles. The van der Waals surface area contributed by atoms with Gasteiger partial charge in [0, 0.05) is 54.8 Å². The fraction of sp³-hybridized carbons (Fsp3) is 0.367. The first kappa shape index (κ1) is 25.2. The molecular weight excluding hydrogens is 519 g/mol. The number of aryl methyl sites for hydroxylation is 1. The van der Waals surface area contributed by atoms with Gasteiger partial charge >= 0.3 is 0 Å². The van der Waals surface area contributed by atoms with Crippen LogP contribution in [0.4, 0.5) is 5.69 Å². The van der Waals surface area contributed by atoms with Gasteiger partial charge in [-0.05, 0) is 91.1 Å². The van der Waals surface area contributed by atoms with Crippen LogP contribution >= 0.6 is 23.2 Å². The van der Waals surface area contributed by atoms with Crippen molar-refractivity contribution in [2.24, 2.45) is 5.41 Å². The van der Waals surface area contributed by atoms with Crippen LogP contribution in [0.1, 0.15) is 63.6 Å². The van der Waals surface area contributed by atoms with Gasteiger partial charge in [-0.1, -0.05) is 29.3 Å². The summed E-state index contributed by atoms with van der Waals surface area (Å²) in [5.41, 5.74) is 4.79. The lowest BCUT2D eigenvalue weighted by atomic mass is 9.77. The highest BCUT2D eigenvalue weighted by molar-refractivity contribution is 6.36. The quantitative estimate of drug-likeness (QED) is 0.438. The van der Waals surface area contributed by atoms with E-state index in [0.29, 0.717) is 21.2 Å². The Labute approximate surface area is 232 Å². The lowest BCUT2D eigenvalue weighted by Gasteiger charge is -2.39. The van der Waals surface area contributed by atoms with Gasteiger partial charge in [-0.3, -0.25) is 14.6 Å². The van der Waals surface area contributed by atoms with Crippen LogP contribution in [-0.4, -0.2) is 47.9 Å². The molecule has 2 aliphatic heterocycles. The van der Waals surface area contributed by atoms with E-state index in [0.717, 1.165) is 63.8 Å². The predicted octanol–water partition coefficient (Wildman–Crippen LogP) is 5.94. The van der Waals surface area contributed by atoms with E-state index in [2.05, 4.69) is 27.3 Å². The second-order valence-electron chi connectivity index (χ2n) is 10.8. The van der Waals surface area contributed by atoms with E-state index in [1.165, 1.54) is 11.3 Å². The molecule has 0 bridgehead atoms. The molecule has 2 amide bonds. The van der Waals surface area contributed by atoms with Crippen molar-refractivity contribution in [3.8, 4) is 0 Å². The molecule has 6 rings (SSSR count). The molecule has 3 heterocycles. The minimum atomic E-state index is -0.236. The fourth-order valence-corrected chi connectivity index (χ4v) is 6.77. The first-order valence-electron chi connectivity index (χ1n) is 13.2. The third-order valence-electron chi connectivity index (χ3n) is 8.53. The highest BCUT2D eigenvalue weighted by atomic mass is 35.5. The third-order valence-corrected chi connectivity index (χ3v) is 9.08. The number of halogens is 2. The number of hydrogen-bond acceptors (Lipinski definition) is 4. The monoisotopic (exact) mass is 548 g/mol. The van der Waals surface area contributed by atoms with Crippen molar-refractivity contribution < 1.29 is 9.59 Å². The number of amides is 2. The molecule has 38 heavy (non-hydrogen) atoms. The molecule has 0 saturated carbocycles. The molecule has 1 unspecified atom stereocenters. The Balaban J connectivity index is 1.11. The van der Waals surface area contributed by atoms with Crippen LogP contribution in [0.5, 0.6) is 0 Å². The smallest absolute Gasteiger partial charge is 0.253 e. The number of anilines is 1. The number of piperidine rings is 1. The van der Waals surface area contributed by atoms with Gasteiger partial charge in [0.25, 0.3) is 11.8 Å². The minimum Gasteiger partial charge on any atom is -0.371 e. The Morgan fingerprint density at radius 2 is 1.71 bits per heavy atom. The lowest BCUT2D eigenvalue weighted by Crippen LogP contribution is -2.44. The van der Waals surface area contributed by atoms with E-state index in [1.54, 1.807) is 18.2 Å². The molecule has 3 aliphatic rings. The zero-order valence-corrected chi connectivity index (χ0v) is 22.6. The molecule has 1 spiro atoms. The van der Waals surface area contributed by atoms with Crippen molar-refractivity contribution in [1.29, 1.82) is 0 Å². The molecular formula is C30H30Cl2N4O2. The fourth-order valence-electron chi connectivity index (χ4n) is 6.28. The maximum atomic E-state index is 13.5. The Hall–Kier alpha value is -3.09. The summed E-state index contributed by atoms with van der Waals surface area (Å²) in [6, 6.07) is 14.8. The molecule has 2 aromatic carbocycles. The number of benzene rings is 2. The largest absolute Gasteiger partial charge is 0.371 e. The maximum absolute atomic E-state index is 13.5. The second-order valence-corrected chi connectivity index (χ2v) is 11.6. The standard InChI is InChI=1S/C30H30Cl2N4O2/c31-22-4-5-24(26(32)18-22)28(37)34-27-6-3-20-1-2-21(17-25(20)27)29(38)35-14-9-30(10-15-35)11-16-36(19-30)23-7-12-33-13-8-23/h1-2,4-5,7-8,12-13,17-18,27H,3,6,9-11,14-16,19H2,(H,34,37). The van der Waals surface area contributed by atoms with Gasteiger partial charge < -0.3 is 15.1 Å². The lowest BCUT2D eigenvalue weighted by molar-refractivity contribution is 0.0610. The number of nitrogens with zero attached hydrogens (tertiary/aromatic N) is 3. The van der Waals surface area contributed by atoms with Crippen LogP contribution in [0.3, 0.4) is 0 Å². The summed E-state index contributed by atoms with van der Waals surface area (Å²) in [5, 5.41) is 3.92. The molecule has 3 aromatic rings. The summed E-state index contributed by atoms with van der Waals surface area (Å²) >= 11 is 12.2. The molecule has 2 saturated heterocycles. The van der Waals surface area contributed by atoms with E-state index in [1.807, 2.05) is 35.5 Å². The first-order valence-corrected chi connectivity index (χ1v) is 14.0. The number of fused-ring (bicyclic) bond motifs is 1. The number of rotatable bonds is 4. The van der Waals surface area contributed by atoms with Crippen LogP contribution < -0.4 is 10.2 Å².